The summed E-state index contributed by atoms with van der Waals surface area (Å²) < 4.78 is 0. The number of pyridine rings is 2. The molecule has 0 amide bonds. The van der Waals surface area contributed by atoms with Crippen molar-refractivity contribution in [3.8, 4) is 0 Å². The average Bonchev–Trinajstić information content (AvgIpc) is 3.44. The molecule has 7 heteroatoms. The van der Waals surface area contributed by atoms with Crippen LogP contribution in [0.5, 0.6) is 0 Å². The molecule has 1 unspecified atom stereocenters. The lowest BCUT2D eigenvalue weighted by atomic mass is 9.90. The fraction of sp³-hybridized carbons (Fsp3) is 0.458. The Hall–Kier alpha value is -2.51. The van der Waals surface area contributed by atoms with E-state index < -0.39 is 5.66 Å². The number of thiophene rings is 1. The molecule has 0 spiro atoms. The minimum Gasteiger partial charge on any atom is -0.356 e. The van der Waals surface area contributed by atoms with Gasteiger partial charge in [-0.2, -0.15) is 0 Å². The summed E-state index contributed by atoms with van der Waals surface area (Å²) in [5, 5.41) is 4.70. The second kappa shape index (κ2) is 6.74. The highest BCUT2D eigenvalue weighted by Crippen LogP contribution is 2.51. The maximum absolute atomic E-state index is 6.93. The van der Waals surface area contributed by atoms with Crippen molar-refractivity contribution in [1.82, 2.24) is 9.97 Å². The number of fused-ring (bicyclic) bond motifs is 5. The van der Waals surface area contributed by atoms with Gasteiger partial charge in [-0.25, -0.2) is 9.98 Å². The second-order valence-electron chi connectivity index (χ2n) is 9.96. The summed E-state index contributed by atoms with van der Waals surface area (Å²) in [6.07, 6.45) is 10.7. The lowest BCUT2D eigenvalue weighted by Gasteiger charge is -2.28. The number of nitrogens with one attached hydrogen (secondary N) is 1. The van der Waals surface area contributed by atoms with Gasteiger partial charge in [0.25, 0.3) is 0 Å². The van der Waals surface area contributed by atoms with Crippen LogP contribution in [0.4, 0.5) is 11.5 Å². The third-order valence-electron chi connectivity index (χ3n) is 6.84. The molecule has 0 saturated carbocycles. The largest absolute Gasteiger partial charge is 0.356 e. The zero-order valence-corrected chi connectivity index (χ0v) is 18.9. The van der Waals surface area contributed by atoms with Crippen molar-refractivity contribution in [2.45, 2.75) is 51.6 Å². The van der Waals surface area contributed by atoms with Crippen molar-refractivity contribution in [3.63, 3.8) is 0 Å². The highest BCUT2D eigenvalue weighted by atomic mass is 32.1. The molecule has 3 aromatic rings. The number of rotatable bonds is 3. The van der Waals surface area contributed by atoms with Gasteiger partial charge in [-0.15, -0.1) is 11.3 Å². The van der Waals surface area contributed by atoms with E-state index in [0.717, 1.165) is 46.9 Å². The molecule has 3 N–H and O–H groups in total. The van der Waals surface area contributed by atoms with E-state index in [2.05, 4.69) is 35.1 Å². The standard InChI is InChI=1S/C24H28N6S/c1-23(2)11-16-17(12-23)21(30-8-3-4-9-30)29-22-18(16)19-20(31-22)24(25,28-14-27-19)10-15-6-5-7-26-13-15/h5-7,13-14H,3-4,8-12,25H2,1-2H3,(H,27,28). The van der Waals surface area contributed by atoms with Crippen molar-refractivity contribution in [2.75, 3.05) is 23.3 Å². The van der Waals surface area contributed by atoms with Crippen LogP contribution in [0.2, 0.25) is 0 Å². The van der Waals surface area contributed by atoms with Crippen LogP contribution in [-0.2, 0) is 24.9 Å². The first-order chi connectivity index (χ1) is 14.9. The number of hydrogen-bond acceptors (Lipinski definition) is 7. The number of aliphatic imine (C=N–C) groups is 1. The predicted molar refractivity (Wildman–Crippen MR) is 128 cm³/mol. The van der Waals surface area contributed by atoms with E-state index in [4.69, 9.17) is 15.7 Å². The van der Waals surface area contributed by atoms with Crippen LogP contribution in [0, 0.1) is 5.41 Å². The van der Waals surface area contributed by atoms with E-state index in [1.54, 1.807) is 23.9 Å². The fourth-order valence-electron chi connectivity index (χ4n) is 5.47. The quantitative estimate of drug-likeness (QED) is 0.648. The van der Waals surface area contributed by atoms with E-state index in [1.165, 1.54) is 35.2 Å². The predicted octanol–water partition coefficient (Wildman–Crippen LogP) is 4.22. The third-order valence-corrected chi connectivity index (χ3v) is 8.09. The Morgan fingerprint density at radius 3 is 2.77 bits per heavy atom. The van der Waals surface area contributed by atoms with E-state index in [1.807, 2.05) is 12.3 Å². The summed E-state index contributed by atoms with van der Waals surface area (Å²) >= 11 is 1.71. The Morgan fingerprint density at radius 2 is 2.00 bits per heavy atom. The highest BCUT2D eigenvalue weighted by molar-refractivity contribution is 7.19. The van der Waals surface area contributed by atoms with Crippen molar-refractivity contribution < 1.29 is 0 Å². The lowest BCUT2D eigenvalue weighted by Crippen LogP contribution is -2.39. The minimum atomic E-state index is -0.802. The van der Waals surface area contributed by atoms with E-state index in [9.17, 15) is 0 Å². The molecule has 1 atom stereocenters. The van der Waals surface area contributed by atoms with Crippen molar-refractivity contribution in [3.05, 3.63) is 46.1 Å². The molecule has 1 fully saturated rings. The zero-order valence-electron chi connectivity index (χ0n) is 18.1. The van der Waals surface area contributed by atoms with Gasteiger partial charge >= 0.3 is 0 Å². The monoisotopic (exact) mass is 432 g/mol. The summed E-state index contributed by atoms with van der Waals surface area (Å²) in [4.78, 5) is 18.9. The van der Waals surface area contributed by atoms with Gasteiger partial charge < -0.3 is 16.0 Å². The van der Waals surface area contributed by atoms with E-state index in [-0.39, 0.29) is 5.41 Å². The van der Waals surface area contributed by atoms with Crippen LogP contribution in [0.25, 0.3) is 10.2 Å². The summed E-state index contributed by atoms with van der Waals surface area (Å²) in [6.45, 7) is 6.96. The molecule has 3 aliphatic rings. The molecule has 1 saturated heterocycles. The molecule has 6 nitrogen and oxygen atoms in total. The Balaban J connectivity index is 1.54. The number of nitrogens with two attached hydrogens (primary N) is 1. The first-order valence-corrected chi connectivity index (χ1v) is 12.0. The fourth-order valence-corrected chi connectivity index (χ4v) is 6.69. The minimum absolute atomic E-state index is 0.250. The number of nitrogens with zero attached hydrogens (tertiary/aromatic N) is 4. The van der Waals surface area contributed by atoms with E-state index >= 15 is 0 Å². The Labute approximate surface area is 186 Å². The van der Waals surface area contributed by atoms with Gasteiger partial charge in [0, 0.05) is 37.3 Å². The van der Waals surface area contributed by atoms with Gasteiger partial charge in [0.05, 0.1) is 16.9 Å². The second-order valence-corrected chi connectivity index (χ2v) is 11.0. The molecule has 31 heavy (non-hydrogen) atoms. The van der Waals surface area contributed by atoms with E-state index in [0.29, 0.717) is 6.42 Å². The van der Waals surface area contributed by atoms with Crippen LogP contribution in [0.3, 0.4) is 0 Å². The van der Waals surface area contributed by atoms with Crippen molar-refractivity contribution in [1.29, 1.82) is 0 Å². The maximum atomic E-state index is 6.93. The molecular formula is C24H28N6S. The third kappa shape index (κ3) is 3.05. The van der Waals surface area contributed by atoms with Gasteiger partial charge in [-0.3, -0.25) is 4.98 Å². The first-order valence-electron chi connectivity index (χ1n) is 11.2. The van der Waals surface area contributed by atoms with Gasteiger partial charge in [0.15, 0.2) is 5.66 Å². The number of aromatic nitrogens is 2. The van der Waals surface area contributed by atoms with Gasteiger partial charge in [0.1, 0.15) is 10.6 Å². The summed E-state index contributed by atoms with van der Waals surface area (Å²) in [5.74, 6) is 1.21. The SMILES string of the molecule is CC1(C)Cc2c(N3CCCC3)nc3sc4c(c3c2C1)NC=NC4(N)Cc1cccnc1. The first kappa shape index (κ1) is 19.2. The molecule has 0 radical (unpaired) electrons. The molecule has 1 aliphatic carbocycles. The zero-order chi connectivity index (χ0) is 21.2. The smallest absolute Gasteiger partial charge is 0.150 e. The molecule has 6 rings (SSSR count). The van der Waals surface area contributed by atoms with Gasteiger partial charge in [-0.1, -0.05) is 19.9 Å². The molecular weight excluding hydrogens is 404 g/mol. The van der Waals surface area contributed by atoms with Gasteiger partial charge in [-0.05, 0) is 53.9 Å². The summed E-state index contributed by atoms with van der Waals surface area (Å²) in [5.41, 5.74) is 11.5. The average molecular weight is 433 g/mol. The number of hydrogen-bond donors (Lipinski definition) is 2. The Morgan fingerprint density at radius 1 is 1.19 bits per heavy atom. The van der Waals surface area contributed by atoms with Crippen LogP contribution in [-0.4, -0.2) is 29.4 Å². The summed E-state index contributed by atoms with van der Waals surface area (Å²) in [7, 11) is 0. The molecule has 2 aliphatic heterocycles. The molecule has 5 heterocycles. The van der Waals surface area contributed by atoms with Crippen LogP contribution >= 0.6 is 11.3 Å². The molecule has 3 aromatic heterocycles. The van der Waals surface area contributed by atoms with Gasteiger partial charge in [0.2, 0.25) is 0 Å². The molecule has 0 aromatic carbocycles. The maximum Gasteiger partial charge on any atom is 0.150 e. The topological polar surface area (TPSA) is 79.4 Å². The highest BCUT2D eigenvalue weighted by Gasteiger charge is 2.40. The molecule has 160 valence electrons. The Kier molecular flexibility index (Phi) is 4.17. The number of anilines is 2. The lowest BCUT2D eigenvalue weighted by molar-refractivity contribution is 0.393. The molecule has 0 bridgehead atoms. The Bertz CT molecular complexity index is 1190. The van der Waals surface area contributed by atoms with Crippen molar-refractivity contribution >= 4 is 39.4 Å². The summed E-state index contributed by atoms with van der Waals surface area (Å²) in [6, 6.07) is 4.02. The normalized spacial score (nSPS) is 23.8. The van der Waals surface area contributed by atoms with Crippen LogP contribution in [0.15, 0.2) is 29.5 Å². The van der Waals surface area contributed by atoms with Crippen LogP contribution in [0.1, 0.15) is 48.3 Å². The van der Waals surface area contributed by atoms with Crippen molar-refractivity contribution in [2.24, 2.45) is 16.1 Å². The van der Waals surface area contributed by atoms with Crippen LogP contribution < -0.4 is 16.0 Å².